The van der Waals surface area contributed by atoms with Crippen LogP contribution in [0.4, 0.5) is 17.1 Å². The van der Waals surface area contributed by atoms with Gasteiger partial charge in [0.15, 0.2) is 0 Å². The first-order valence-corrected chi connectivity index (χ1v) is 5.86. The van der Waals surface area contributed by atoms with Crippen LogP contribution in [0.2, 0.25) is 0 Å². The zero-order valence-electron chi connectivity index (χ0n) is 11.1. The number of carbonyl (C=O) groups is 1. The summed E-state index contributed by atoms with van der Waals surface area (Å²) in [5, 5.41) is 13.4. The highest BCUT2D eigenvalue weighted by molar-refractivity contribution is 6.07. The number of hydrogen-bond acceptors (Lipinski definition) is 6. The first-order chi connectivity index (χ1) is 10.0. The number of nitrogens with one attached hydrogen (secondary N) is 1. The molecule has 2 aromatic rings. The van der Waals surface area contributed by atoms with Gasteiger partial charge in [0.25, 0.3) is 11.6 Å². The van der Waals surface area contributed by atoms with E-state index < -0.39 is 10.8 Å². The number of nitro benzene ring substituents is 1. The van der Waals surface area contributed by atoms with Crippen LogP contribution in [0, 0.1) is 10.1 Å². The highest BCUT2D eigenvalue weighted by Crippen LogP contribution is 2.22. The van der Waals surface area contributed by atoms with Crippen molar-refractivity contribution in [1.82, 2.24) is 4.98 Å². The lowest BCUT2D eigenvalue weighted by Gasteiger charge is -2.07. The SMILES string of the molecule is COc1ccc(NC(=O)c2cc(N)ccc2[N+](=O)[O-])cn1. The molecule has 0 saturated carbocycles. The molecule has 0 fully saturated rings. The molecule has 2 rings (SSSR count). The van der Waals surface area contributed by atoms with E-state index in [-0.39, 0.29) is 16.9 Å². The zero-order chi connectivity index (χ0) is 15.4. The Morgan fingerprint density at radius 3 is 2.71 bits per heavy atom. The van der Waals surface area contributed by atoms with E-state index in [0.717, 1.165) is 0 Å². The average Bonchev–Trinajstić information content (AvgIpc) is 2.47. The number of nitrogen functional groups attached to an aromatic ring is 1. The van der Waals surface area contributed by atoms with E-state index in [9.17, 15) is 14.9 Å². The fourth-order valence-electron chi connectivity index (χ4n) is 1.67. The fraction of sp³-hybridized carbons (Fsp3) is 0.0769. The van der Waals surface area contributed by atoms with Crippen LogP contribution in [-0.2, 0) is 0 Å². The summed E-state index contributed by atoms with van der Waals surface area (Å²) in [7, 11) is 1.47. The number of aromatic nitrogens is 1. The van der Waals surface area contributed by atoms with Crippen molar-refractivity contribution in [3.05, 3.63) is 52.2 Å². The van der Waals surface area contributed by atoms with Crippen LogP contribution >= 0.6 is 0 Å². The van der Waals surface area contributed by atoms with Crippen molar-refractivity contribution in [3.63, 3.8) is 0 Å². The first kappa shape index (κ1) is 14.3. The fourth-order valence-corrected chi connectivity index (χ4v) is 1.67. The van der Waals surface area contributed by atoms with Gasteiger partial charge in [-0.3, -0.25) is 14.9 Å². The summed E-state index contributed by atoms with van der Waals surface area (Å²) in [5.74, 6) is -0.246. The molecule has 8 heteroatoms. The smallest absolute Gasteiger partial charge is 0.282 e. The molecule has 0 atom stereocenters. The molecule has 0 aliphatic rings. The molecule has 0 bridgehead atoms. The maximum Gasteiger partial charge on any atom is 0.282 e. The topological polar surface area (TPSA) is 120 Å². The van der Waals surface area contributed by atoms with Crippen molar-refractivity contribution in [2.24, 2.45) is 0 Å². The summed E-state index contributed by atoms with van der Waals surface area (Å²) in [4.78, 5) is 26.3. The largest absolute Gasteiger partial charge is 0.481 e. The molecule has 0 aliphatic carbocycles. The van der Waals surface area contributed by atoms with E-state index in [1.54, 1.807) is 12.1 Å². The lowest BCUT2D eigenvalue weighted by Crippen LogP contribution is -2.14. The van der Waals surface area contributed by atoms with Gasteiger partial charge < -0.3 is 15.8 Å². The Hall–Kier alpha value is -3.16. The van der Waals surface area contributed by atoms with Crippen molar-refractivity contribution in [3.8, 4) is 5.88 Å². The Bertz CT molecular complexity index is 685. The molecule has 0 aliphatic heterocycles. The summed E-state index contributed by atoms with van der Waals surface area (Å²) < 4.78 is 4.90. The molecule has 1 heterocycles. The van der Waals surface area contributed by atoms with Gasteiger partial charge in [-0.05, 0) is 18.2 Å². The Balaban J connectivity index is 2.27. The Morgan fingerprint density at radius 1 is 1.38 bits per heavy atom. The molecule has 0 spiro atoms. The number of hydrogen-bond donors (Lipinski definition) is 2. The summed E-state index contributed by atoms with van der Waals surface area (Å²) in [6.07, 6.45) is 1.38. The second kappa shape index (κ2) is 5.87. The molecule has 21 heavy (non-hydrogen) atoms. The quantitative estimate of drug-likeness (QED) is 0.503. The maximum absolute atomic E-state index is 12.1. The molecule has 0 radical (unpaired) electrons. The third kappa shape index (κ3) is 3.24. The van der Waals surface area contributed by atoms with E-state index in [1.807, 2.05) is 0 Å². The lowest BCUT2D eigenvalue weighted by atomic mass is 10.1. The molecule has 108 valence electrons. The zero-order valence-corrected chi connectivity index (χ0v) is 11.1. The Morgan fingerprint density at radius 2 is 2.14 bits per heavy atom. The van der Waals surface area contributed by atoms with Crippen molar-refractivity contribution < 1.29 is 14.5 Å². The Kier molecular flexibility index (Phi) is 3.98. The van der Waals surface area contributed by atoms with Gasteiger partial charge in [0.1, 0.15) is 5.56 Å². The van der Waals surface area contributed by atoms with Gasteiger partial charge in [0.05, 0.1) is 23.9 Å². The summed E-state index contributed by atoms with van der Waals surface area (Å²) >= 11 is 0. The van der Waals surface area contributed by atoms with Crippen molar-refractivity contribution in [2.75, 3.05) is 18.2 Å². The molecule has 1 aromatic heterocycles. The number of nitrogens with zero attached hydrogens (tertiary/aromatic N) is 2. The van der Waals surface area contributed by atoms with E-state index in [4.69, 9.17) is 10.5 Å². The number of amides is 1. The van der Waals surface area contributed by atoms with E-state index in [1.165, 1.54) is 31.5 Å². The van der Waals surface area contributed by atoms with Gasteiger partial charge in [-0.15, -0.1) is 0 Å². The lowest BCUT2D eigenvalue weighted by molar-refractivity contribution is -0.385. The third-order valence-corrected chi connectivity index (χ3v) is 2.67. The van der Waals surface area contributed by atoms with E-state index >= 15 is 0 Å². The second-order valence-corrected chi connectivity index (χ2v) is 4.08. The highest BCUT2D eigenvalue weighted by atomic mass is 16.6. The predicted octanol–water partition coefficient (Wildman–Crippen LogP) is 1.83. The number of nitro groups is 1. The van der Waals surface area contributed by atoms with Crippen LogP contribution in [-0.4, -0.2) is 22.9 Å². The molecule has 8 nitrogen and oxygen atoms in total. The highest BCUT2D eigenvalue weighted by Gasteiger charge is 2.20. The number of nitrogens with two attached hydrogens (primary N) is 1. The van der Waals surface area contributed by atoms with E-state index in [2.05, 4.69) is 10.3 Å². The Labute approximate surface area is 119 Å². The van der Waals surface area contributed by atoms with Gasteiger partial charge in [-0.1, -0.05) is 0 Å². The molecule has 1 aromatic carbocycles. The first-order valence-electron chi connectivity index (χ1n) is 5.86. The molecule has 0 unspecified atom stereocenters. The maximum atomic E-state index is 12.1. The van der Waals surface area contributed by atoms with Crippen LogP contribution in [0.15, 0.2) is 36.5 Å². The summed E-state index contributed by atoms with van der Waals surface area (Å²) in [5.41, 5.74) is 5.78. The van der Waals surface area contributed by atoms with Crippen molar-refractivity contribution in [1.29, 1.82) is 0 Å². The number of carbonyl (C=O) groups excluding carboxylic acids is 1. The average molecular weight is 288 g/mol. The molecular formula is C13H12N4O4. The predicted molar refractivity (Wildman–Crippen MR) is 76.3 cm³/mol. The van der Waals surface area contributed by atoms with Crippen LogP contribution in [0.25, 0.3) is 0 Å². The third-order valence-electron chi connectivity index (χ3n) is 2.67. The second-order valence-electron chi connectivity index (χ2n) is 4.08. The standard InChI is InChI=1S/C13H12N4O4/c1-21-12-5-3-9(7-15-12)16-13(18)10-6-8(14)2-4-11(10)17(19)20/h2-7H,14H2,1H3,(H,16,18). The number of methoxy groups -OCH3 is 1. The van der Waals surface area contributed by atoms with Crippen LogP contribution in [0.3, 0.4) is 0 Å². The van der Waals surface area contributed by atoms with Crippen molar-refractivity contribution >= 4 is 23.0 Å². The molecular weight excluding hydrogens is 276 g/mol. The number of benzene rings is 1. The van der Waals surface area contributed by atoms with E-state index in [0.29, 0.717) is 11.6 Å². The van der Waals surface area contributed by atoms with Crippen molar-refractivity contribution in [2.45, 2.75) is 0 Å². The van der Waals surface area contributed by atoms with Gasteiger partial charge in [-0.25, -0.2) is 4.98 Å². The number of rotatable bonds is 4. The van der Waals surface area contributed by atoms with Crippen LogP contribution in [0.5, 0.6) is 5.88 Å². The minimum Gasteiger partial charge on any atom is -0.481 e. The number of ether oxygens (including phenoxy) is 1. The molecule has 0 saturated heterocycles. The number of pyridine rings is 1. The van der Waals surface area contributed by atoms with Gasteiger partial charge in [0.2, 0.25) is 5.88 Å². The van der Waals surface area contributed by atoms with Gasteiger partial charge in [0, 0.05) is 17.8 Å². The summed E-state index contributed by atoms with van der Waals surface area (Å²) in [6.45, 7) is 0. The van der Waals surface area contributed by atoms with Gasteiger partial charge in [-0.2, -0.15) is 0 Å². The van der Waals surface area contributed by atoms with Gasteiger partial charge >= 0.3 is 0 Å². The molecule has 3 N–H and O–H groups in total. The summed E-state index contributed by atoms with van der Waals surface area (Å²) in [6, 6.07) is 6.94. The van der Waals surface area contributed by atoms with Crippen LogP contribution < -0.4 is 15.8 Å². The number of anilines is 2. The minimum atomic E-state index is -0.638. The monoisotopic (exact) mass is 288 g/mol. The normalized spacial score (nSPS) is 9.95. The molecule has 1 amide bonds. The van der Waals surface area contributed by atoms with Crippen LogP contribution in [0.1, 0.15) is 10.4 Å². The minimum absolute atomic E-state index is 0.115.